The van der Waals surface area contributed by atoms with Crippen molar-refractivity contribution in [2.45, 2.75) is 47.7 Å². The lowest BCUT2D eigenvalue weighted by atomic mass is 9.71. The molecule has 1 saturated heterocycles. The molecule has 54 heavy (non-hydrogen) atoms. The maximum atomic E-state index is 15.4. The van der Waals surface area contributed by atoms with Gasteiger partial charge in [0.15, 0.2) is 11.4 Å². The Bertz CT molecular complexity index is 2300. The quantitative estimate of drug-likeness (QED) is 0.178. The van der Waals surface area contributed by atoms with Crippen LogP contribution < -0.4 is 0 Å². The Hall–Kier alpha value is -5.72. The van der Waals surface area contributed by atoms with Gasteiger partial charge in [0.2, 0.25) is 11.4 Å². The highest BCUT2D eigenvalue weighted by atomic mass is 19.4. The molecule has 0 radical (unpaired) electrons. The molecule has 0 spiro atoms. The first-order valence-electron chi connectivity index (χ1n) is 17.2. The first-order chi connectivity index (χ1) is 25.8. The molecular formula is C42H30F6N4O2. The first kappa shape index (κ1) is 34.1. The molecule has 12 heteroatoms. The molecule has 6 aromatic rings. The molecule has 0 bridgehead atoms. The minimum Gasteiger partial charge on any atom is -0.364 e. The molecule has 2 unspecified atom stereocenters. The third-order valence-corrected chi connectivity index (χ3v) is 10.9. The van der Waals surface area contributed by atoms with Gasteiger partial charge in [0.1, 0.15) is 12.1 Å². The van der Waals surface area contributed by atoms with Crippen molar-refractivity contribution in [3.63, 3.8) is 0 Å². The Balaban J connectivity index is 1.41. The van der Waals surface area contributed by atoms with E-state index in [1.807, 2.05) is 0 Å². The third kappa shape index (κ3) is 4.96. The molecule has 2 N–H and O–H groups in total. The number of rotatable bonds is 4. The number of nitrogens with zero attached hydrogens (tertiary/aromatic N) is 4. The van der Waals surface area contributed by atoms with Gasteiger partial charge >= 0.3 is 12.4 Å². The zero-order chi connectivity index (χ0) is 37.6. The molecule has 3 aliphatic heterocycles. The maximum Gasteiger partial charge on any atom is 0.431 e. The van der Waals surface area contributed by atoms with E-state index in [-0.39, 0.29) is 22.3 Å². The normalized spacial score (nSPS) is 26.8. The van der Waals surface area contributed by atoms with Crippen molar-refractivity contribution >= 4 is 33.0 Å². The van der Waals surface area contributed by atoms with Gasteiger partial charge in [-0.15, -0.1) is 0 Å². The first-order valence-corrected chi connectivity index (χ1v) is 17.2. The van der Waals surface area contributed by atoms with Gasteiger partial charge in [-0.05, 0) is 44.8 Å². The fourth-order valence-corrected chi connectivity index (χ4v) is 8.63. The zero-order valence-electron chi connectivity index (χ0n) is 28.1. The second-order valence-corrected chi connectivity index (χ2v) is 13.9. The van der Waals surface area contributed by atoms with E-state index < -0.39 is 59.1 Å². The van der Waals surface area contributed by atoms with Crippen molar-refractivity contribution < 1.29 is 36.6 Å². The number of hydrogen-bond donors (Lipinski definition) is 2. The smallest absolute Gasteiger partial charge is 0.364 e. The molecular weight excluding hydrogens is 706 g/mol. The molecule has 272 valence electrons. The van der Waals surface area contributed by atoms with Crippen LogP contribution in [0, 0.1) is 0 Å². The molecule has 0 aromatic heterocycles. The van der Waals surface area contributed by atoms with Crippen LogP contribution in [0.4, 0.5) is 26.3 Å². The number of piperazine rings is 1. The van der Waals surface area contributed by atoms with Crippen molar-refractivity contribution in [1.82, 2.24) is 10.0 Å². The highest BCUT2D eigenvalue weighted by Crippen LogP contribution is 2.61. The lowest BCUT2D eigenvalue weighted by molar-refractivity contribution is -0.311. The minimum atomic E-state index is -5.09. The van der Waals surface area contributed by atoms with Gasteiger partial charge < -0.3 is 10.2 Å². The van der Waals surface area contributed by atoms with Gasteiger partial charge in [-0.1, -0.05) is 133 Å². The van der Waals surface area contributed by atoms with E-state index in [0.29, 0.717) is 10.8 Å². The molecule has 9 rings (SSSR count). The molecule has 1 fully saturated rings. The van der Waals surface area contributed by atoms with Gasteiger partial charge in [0, 0.05) is 11.1 Å². The molecule has 3 heterocycles. The summed E-state index contributed by atoms with van der Waals surface area (Å²) < 4.78 is 92.4. The van der Waals surface area contributed by atoms with Gasteiger partial charge in [-0.25, -0.2) is 0 Å². The Labute approximate surface area is 304 Å². The molecule has 0 aliphatic carbocycles. The van der Waals surface area contributed by atoms with Crippen molar-refractivity contribution in [1.29, 1.82) is 0 Å². The molecule has 3 aliphatic rings. The standard InChI is InChI=1S/C42H30F6N4O2/c43-41(44,45)35-33(27-13-3-1-4-14-27)37-39(53,31-21-19-25-11-7-9-17-29(25)23-31)52-38(34(28-15-5-2-6-16-28)36(50-52)42(46,47)48)40(54,51(37)49-35)32-22-20-26-12-8-10-18-30(26)24-32/h1-24,33-34,37-38,53-54H/t33-,34-,37?,38?,39+,40+/m1/s1. The fraction of sp³-hybridized carbons (Fsp3) is 0.190. The molecule has 6 atom stereocenters. The Kier molecular flexibility index (Phi) is 7.50. The summed E-state index contributed by atoms with van der Waals surface area (Å²) in [5, 5.41) is 39.6. The van der Waals surface area contributed by atoms with E-state index in [2.05, 4.69) is 10.2 Å². The van der Waals surface area contributed by atoms with Crippen LogP contribution in [-0.4, -0.2) is 56.1 Å². The Morgan fingerprint density at radius 3 is 1.13 bits per heavy atom. The summed E-state index contributed by atoms with van der Waals surface area (Å²) in [5.41, 5.74) is -8.02. The highest BCUT2D eigenvalue weighted by molar-refractivity contribution is 6.00. The van der Waals surface area contributed by atoms with Crippen LogP contribution in [0.2, 0.25) is 0 Å². The average molecular weight is 737 g/mol. The van der Waals surface area contributed by atoms with Crippen LogP contribution in [0.1, 0.15) is 34.1 Å². The number of hydrogen-bond acceptors (Lipinski definition) is 6. The lowest BCUT2D eigenvalue weighted by Gasteiger charge is -2.60. The maximum absolute atomic E-state index is 15.4. The predicted molar refractivity (Wildman–Crippen MR) is 192 cm³/mol. The van der Waals surface area contributed by atoms with E-state index >= 15 is 26.3 Å². The number of alkyl halides is 6. The number of benzene rings is 6. The Morgan fingerprint density at radius 2 is 0.778 bits per heavy atom. The van der Waals surface area contributed by atoms with Crippen LogP contribution in [-0.2, 0) is 11.4 Å². The van der Waals surface area contributed by atoms with Gasteiger partial charge in [0.25, 0.3) is 0 Å². The highest BCUT2D eigenvalue weighted by Gasteiger charge is 2.74. The summed E-state index contributed by atoms with van der Waals surface area (Å²) in [6, 6.07) is 34.8. The summed E-state index contributed by atoms with van der Waals surface area (Å²) >= 11 is 0. The van der Waals surface area contributed by atoms with Crippen molar-refractivity contribution in [3.8, 4) is 0 Å². The lowest BCUT2D eigenvalue weighted by Crippen LogP contribution is -2.74. The minimum absolute atomic E-state index is 0.0275. The van der Waals surface area contributed by atoms with Crippen LogP contribution in [0.25, 0.3) is 21.5 Å². The van der Waals surface area contributed by atoms with Crippen LogP contribution in [0.5, 0.6) is 0 Å². The second-order valence-electron chi connectivity index (χ2n) is 13.9. The molecule has 0 amide bonds. The van der Waals surface area contributed by atoms with E-state index in [1.54, 1.807) is 72.8 Å². The number of halogens is 6. The summed E-state index contributed by atoms with van der Waals surface area (Å²) in [6.45, 7) is 0. The van der Waals surface area contributed by atoms with Crippen molar-refractivity contribution in [2.24, 2.45) is 10.2 Å². The van der Waals surface area contributed by atoms with Crippen molar-refractivity contribution in [2.75, 3.05) is 0 Å². The number of fused-ring (bicyclic) bond motifs is 4. The third-order valence-electron chi connectivity index (χ3n) is 10.9. The topological polar surface area (TPSA) is 71.7 Å². The SMILES string of the molecule is O[C@@]1(c2ccc3ccccc3c2)C2[C@H](c3ccccc3)C(C(F)(F)F)=NN2[C@](O)(c2ccc3ccccc3c2)C2[C@H](c3ccccc3)C(C(F)(F)F)=NN21. The molecule has 6 aromatic carbocycles. The average Bonchev–Trinajstić information content (AvgIpc) is 3.81. The van der Waals surface area contributed by atoms with Gasteiger partial charge in [-0.3, -0.25) is 10.0 Å². The van der Waals surface area contributed by atoms with Crippen LogP contribution in [0.3, 0.4) is 0 Å². The Morgan fingerprint density at radius 1 is 0.444 bits per heavy atom. The zero-order valence-corrected chi connectivity index (χ0v) is 28.1. The van der Waals surface area contributed by atoms with Crippen LogP contribution >= 0.6 is 0 Å². The van der Waals surface area contributed by atoms with E-state index in [1.165, 1.54) is 72.8 Å². The summed E-state index contributed by atoms with van der Waals surface area (Å²) in [7, 11) is 0. The number of hydrazone groups is 2. The predicted octanol–water partition coefficient (Wildman–Crippen LogP) is 8.77. The summed E-state index contributed by atoms with van der Waals surface area (Å²) in [4.78, 5) is 0. The van der Waals surface area contributed by atoms with E-state index in [9.17, 15) is 10.2 Å². The summed E-state index contributed by atoms with van der Waals surface area (Å²) in [5.74, 6) is -3.59. The second kappa shape index (κ2) is 11.9. The van der Waals surface area contributed by atoms with E-state index in [0.717, 1.165) is 20.8 Å². The van der Waals surface area contributed by atoms with E-state index in [4.69, 9.17) is 0 Å². The largest absolute Gasteiger partial charge is 0.431 e. The van der Waals surface area contributed by atoms with Crippen molar-refractivity contribution in [3.05, 3.63) is 168 Å². The number of aliphatic hydroxyl groups is 2. The summed E-state index contributed by atoms with van der Waals surface area (Å²) in [6.07, 6.45) is -10.2. The fourth-order valence-electron chi connectivity index (χ4n) is 8.63. The monoisotopic (exact) mass is 736 g/mol. The van der Waals surface area contributed by atoms with Crippen LogP contribution in [0.15, 0.2) is 156 Å². The molecule has 6 nitrogen and oxygen atoms in total. The van der Waals surface area contributed by atoms with Gasteiger partial charge in [0.05, 0.1) is 11.8 Å². The molecule has 0 saturated carbocycles. The van der Waals surface area contributed by atoms with Gasteiger partial charge in [-0.2, -0.15) is 36.5 Å².